The van der Waals surface area contributed by atoms with E-state index in [1.54, 1.807) is 42.5 Å². The fourth-order valence-corrected chi connectivity index (χ4v) is 9.14. The molecule has 4 aromatic carbocycles. The maximum atomic E-state index is 15.0. The first-order chi connectivity index (χ1) is 23.8. The minimum absolute atomic E-state index is 0.0382. The standard InChI is InChI=1S/C42H35NO6/c44-29-16-14-25(15-17-29)20-21-43-40(48)32-19-18-31-34(37(32)41(43)49)23-35-39(47)33(26-8-3-1-4-9-26)24-36(46)42(35,28-11-5-2-6-12-28)38(31)27-10-7-13-30(45)22-27/h1-18,22,24,32,34-35,37-38,44-45H,19-21,23H2/t32-,34+,35-,37-,38-,42-/m0/s1. The van der Waals surface area contributed by atoms with Crippen LogP contribution < -0.4 is 0 Å². The van der Waals surface area contributed by atoms with Gasteiger partial charge >= 0.3 is 0 Å². The molecule has 2 N–H and O–H groups in total. The number of carbonyl (C=O) groups is 4. The molecule has 6 atom stereocenters. The summed E-state index contributed by atoms with van der Waals surface area (Å²) in [6.45, 7) is 0.211. The van der Waals surface area contributed by atoms with Crippen molar-refractivity contribution in [1.29, 1.82) is 0 Å². The molecule has 0 unspecified atom stereocenters. The van der Waals surface area contributed by atoms with Crippen LogP contribution in [-0.4, -0.2) is 45.0 Å². The summed E-state index contributed by atoms with van der Waals surface area (Å²) in [6.07, 6.45) is 4.56. The molecule has 2 amide bonds. The summed E-state index contributed by atoms with van der Waals surface area (Å²) in [6, 6.07) is 32.2. The molecule has 0 radical (unpaired) electrons. The predicted molar refractivity (Wildman–Crippen MR) is 183 cm³/mol. The maximum Gasteiger partial charge on any atom is 0.233 e. The molecule has 244 valence electrons. The lowest BCUT2D eigenvalue weighted by Gasteiger charge is -2.55. The van der Waals surface area contributed by atoms with Gasteiger partial charge in [-0.15, -0.1) is 0 Å². The van der Waals surface area contributed by atoms with Crippen molar-refractivity contribution in [3.8, 4) is 11.5 Å². The van der Waals surface area contributed by atoms with E-state index in [-0.39, 0.29) is 47.8 Å². The highest BCUT2D eigenvalue weighted by Gasteiger charge is 2.65. The van der Waals surface area contributed by atoms with Crippen molar-refractivity contribution < 1.29 is 29.4 Å². The number of hydrogen-bond donors (Lipinski definition) is 2. The van der Waals surface area contributed by atoms with Gasteiger partial charge in [0.15, 0.2) is 11.6 Å². The number of likely N-dealkylation sites (tertiary alicyclic amines) is 1. The fraction of sp³-hybridized carbons (Fsp3) is 0.238. The number of amides is 2. The Morgan fingerprint density at radius 2 is 1.45 bits per heavy atom. The Hall–Kier alpha value is -5.56. The van der Waals surface area contributed by atoms with Crippen LogP contribution in [-0.2, 0) is 31.0 Å². The van der Waals surface area contributed by atoms with Crippen LogP contribution in [0, 0.1) is 23.7 Å². The van der Waals surface area contributed by atoms with Crippen molar-refractivity contribution in [1.82, 2.24) is 4.90 Å². The van der Waals surface area contributed by atoms with Crippen LogP contribution in [0.25, 0.3) is 5.57 Å². The smallest absolute Gasteiger partial charge is 0.233 e. The largest absolute Gasteiger partial charge is 0.508 e. The van der Waals surface area contributed by atoms with Gasteiger partial charge in [-0.2, -0.15) is 0 Å². The molecule has 7 heteroatoms. The third-order valence-electron chi connectivity index (χ3n) is 11.2. The van der Waals surface area contributed by atoms with Gasteiger partial charge in [0.05, 0.1) is 17.3 Å². The van der Waals surface area contributed by atoms with Crippen LogP contribution in [0.4, 0.5) is 0 Å². The van der Waals surface area contributed by atoms with Gasteiger partial charge < -0.3 is 10.2 Å². The number of rotatable bonds is 6. The molecular weight excluding hydrogens is 614 g/mol. The Morgan fingerprint density at radius 1 is 0.735 bits per heavy atom. The van der Waals surface area contributed by atoms with Crippen molar-refractivity contribution in [2.45, 2.75) is 30.6 Å². The monoisotopic (exact) mass is 649 g/mol. The Bertz CT molecular complexity index is 2050. The summed E-state index contributed by atoms with van der Waals surface area (Å²) < 4.78 is 0. The van der Waals surface area contributed by atoms with Gasteiger partial charge in [-0.1, -0.05) is 96.6 Å². The molecule has 7 nitrogen and oxygen atoms in total. The highest BCUT2D eigenvalue weighted by atomic mass is 16.3. The number of carbonyl (C=O) groups excluding carboxylic acids is 4. The van der Waals surface area contributed by atoms with E-state index in [9.17, 15) is 29.4 Å². The lowest BCUT2D eigenvalue weighted by atomic mass is 9.44. The normalized spacial score (nSPS) is 27.6. The molecule has 0 aromatic heterocycles. The first kappa shape index (κ1) is 30.8. The second kappa shape index (κ2) is 11.8. The van der Waals surface area contributed by atoms with Crippen LogP contribution in [0.15, 0.2) is 127 Å². The fourth-order valence-electron chi connectivity index (χ4n) is 9.14. The van der Waals surface area contributed by atoms with E-state index in [0.717, 1.165) is 11.1 Å². The third-order valence-corrected chi connectivity index (χ3v) is 11.2. The molecule has 1 saturated heterocycles. The molecule has 0 spiro atoms. The minimum atomic E-state index is -1.33. The molecular formula is C42H35NO6. The van der Waals surface area contributed by atoms with E-state index in [1.807, 2.05) is 72.8 Å². The zero-order valence-electron chi connectivity index (χ0n) is 26.7. The van der Waals surface area contributed by atoms with E-state index < -0.39 is 35.0 Å². The topological polar surface area (TPSA) is 112 Å². The lowest BCUT2D eigenvalue weighted by molar-refractivity contribution is -0.140. The number of phenolic OH excluding ortho intramolecular Hbond substituents is 2. The summed E-state index contributed by atoms with van der Waals surface area (Å²) >= 11 is 0. The molecule has 8 rings (SSSR count). The molecule has 1 saturated carbocycles. The number of imide groups is 1. The van der Waals surface area contributed by atoms with Crippen molar-refractivity contribution >= 4 is 29.0 Å². The van der Waals surface area contributed by atoms with E-state index in [4.69, 9.17) is 0 Å². The van der Waals surface area contributed by atoms with Gasteiger partial charge in [0.1, 0.15) is 11.5 Å². The number of fused-ring (bicyclic) bond motifs is 4. The van der Waals surface area contributed by atoms with Crippen molar-refractivity contribution in [2.75, 3.05) is 6.54 Å². The van der Waals surface area contributed by atoms with Crippen molar-refractivity contribution in [2.24, 2.45) is 23.7 Å². The van der Waals surface area contributed by atoms with E-state index in [2.05, 4.69) is 0 Å². The SMILES string of the molecule is O=C1C(c2ccccc2)=CC(=O)[C@@]2(c3ccccc3)[C@@H](c3cccc(O)c3)C3=CC[C@@H]4C(=O)N(CCc5ccc(O)cc5)C(=O)[C@@H]4[C@@H]3C[C@@H]12. The van der Waals surface area contributed by atoms with Gasteiger partial charge in [-0.25, -0.2) is 0 Å². The summed E-state index contributed by atoms with van der Waals surface area (Å²) in [7, 11) is 0. The molecule has 49 heavy (non-hydrogen) atoms. The van der Waals surface area contributed by atoms with Gasteiger partial charge in [0, 0.05) is 24.0 Å². The van der Waals surface area contributed by atoms with Crippen LogP contribution >= 0.6 is 0 Å². The van der Waals surface area contributed by atoms with E-state index >= 15 is 0 Å². The Kier molecular flexibility index (Phi) is 7.43. The van der Waals surface area contributed by atoms with Crippen molar-refractivity contribution in [3.05, 3.63) is 149 Å². The van der Waals surface area contributed by atoms with E-state index in [0.29, 0.717) is 35.1 Å². The first-order valence-electron chi connectivity index (χ1n) is 16.8. The summed E-state index contributed by atoms with van der Waals surface area (Å²) in [5, 5.41) is 20.4. The second-order valence-corrected chi connectivity index (χ2v) is 13.6. The highest BCUT2D eigenvalue weighted by Crippen LogP contribution is 2.63. The van der Waals surface area contributed by atoms with E-state index in [1.165, 1.54) is 11.0 Å². The zero-order chi connectivity index (χ0) is 33.9. The quantitative estimate of drug-likeness (QED) is 0.191. The Labute approximate surface area is 284 Å². The minimum Gasteiger partial charge on any atom is -0.508 e. The number of aromatic hydroxyl groups is 2. The first-order valence-corrected chi connectivity index (χ1v) is 16.8. The van der Waals surface area contributed by atoms with Crippen molar-refractivity contribution in [3.63, 3.8) is 0 Å². The number of nitrogens with zero attached hydrogens (tertiary/aromatic N) is 1. The van der Waals surface area contributed by atoms with Gasteiger partial charge in [0.25, 0.3) is 0 Å². The highest BCUT2D eigenvalue weighted by molar-refractivity contribution is 6.31. The zero-order valence-corrected chi connectivity index (χ0v) is 26.7. The molecule has 1 heterocycles. The van der Waals surface area contributed by atoms with Gasteiger partial charge in [-0.3, -0.25) is 24.1 Å². The molecule has 4 aliphatic rings. The average molecular weight is 650 g/mol. The van der Waals surface area contributed by atoms with Crippen LogP contribution in [0.1, 0.15) is 41.0 Å². The predicted octanol–water partition coefficient (Wildman–Crippen LogP) is 6.16. The Balaban J connectivity index is 1.27. The number of phenols is 2. The molecule has 4 aromatic rings. The number of benzene rings is 4. The molecule has 3 aliphatic carbocycles. The Morgan fingerprint density at radius 3 is 2.16 bits per heavy atom. The molecule has 2 fully saturated rings. The van der Waals surface area contributed by atoms with Crippen LogP contribution in [0.3, 0.4) is 0 Å². The summed E-state index contributed by atoms with van der Waals surface area (Å²) in [5.74, 6) is -3.82. The molecule has 0 bridgehead atoms. The van der Waals surface area contributed by atoms with Crippen LogP contribution in [0.5, 0.6) is 11.5 Å². The number of allylic oxidation sites excluding steroid dienone is 4. The van der Waals surface area contributed by atoms with Gasteiger partial charge in [-0.05, 0) is 77.8 Å². The average Bonchev–Trinajstić information content (AvgIpc) is 3.37. The molecule has 1 aliphatic heterocycles. The number of Topliss-reactive ketones (excluding diaryl/α,β-unsaturated/α-hetero) is 1. The lowest BCUT2D eigenvalue weighted by Crippen LogP contribution is -2.58. The number of hydrogen-bond acceptors (Lipinski definition) is 6. The second-order valence-electron chi connectivity index (χ2n) is 13.6. The third kappa shape index (κ3) is 4.78. The summed E-state index contributed by atoms with van der Waals surface area (Å²) in [5.41, 5.74) is 2.83. The van der Waals surface area contributed by atoms with Gasteiger partial charge in [0.2, 0.25) is 11.8 Å². The maximum absolute atomic E-state index is 15.0. The van der Waals surface area contributed by atoms with Crippen LogP contribution in [0.2, 0.25) is 0 Å². The number of ketones is 2. The summed E-state index contributed by atoms with van der Waals surface area (Å²) in [4.78, 5) is 59.5.